The van der Waals surface area contributed by atoms with Crippen molar-refractivity contribution in [2.75, 3.05) is 0 Å². The number of phenolic OH excluding ortho intramolecular Hbond substituents is 2. The van der Waals surface area contributed by atoms with Gasteiger partial charge in [-0.2, -0.15) is 0 Å². The first-order valence-electron chi connectivity index (χ1n) is 8.39. The molecule has 0 saturated carbocycles. The van der Waals surface area contributed by atoms with Gasteiger partial charge in [-0.25, -0.2) is 0 Å². The molecule has 0 saturated heterocycles. The van der Waals surface area contributed by atoms with Crippen LogP contribution in [0.1, 0.15) is 30.9 Å². The summed E-state index contributed by atoms with van der Waals surface area (Å²) in [6, 6.07) is 9.44. The molecule has 5 nitrogen and oxygen atoms in total. The molecule has 5 heteroatoms. The molecule has 0 aromatic heterocycles. The summed E-state index contributed by atoms with van der Waals surface area (Å²) in [5, 5.41) is 19.8. The fourth-order valence-corrected chi connectivity index (χ4v) is 3.78. The molecule has 1 heterocycles. The second-order valence-corrected chi connectivity index (χ2v) is 6.49. The largest absolute Gasteiger partial charge is 0.508 e. The van der Waals surface area contributed by atoms with E-state index < -0.39 is 5.60 Å². The van der Waals surface area contributed by atoms with Crippen molar-refractivity contribution in [2.24, 2.45) is 0 Å². The SMILES string of the molecule is CC1=C(C2(OC=O)c3ccc(O)cc3Oc3cc(O)ccc32)C=CCC1. The van der Waals surface area contributed by atoms with Gasteiger partial charge in [-0.3, -0.25) is 4.79 Å². The zero-order chi connectivity index (χ0) is 18.3. The van der Waals surface area contributed by atoms with Crippen molar-refractivity contribution in [1.82, 2.24) is 0 Å². The maximum Gasteiger partial charge on any atom is 0.294 e. The van der Waals surface area contributed by atoms with E-state index in [1.54, 1.807) is 24.3 Å². The summed E-state index contributed by atoms with van der Waals surface area (Å²) in [4.78, 5) is 11.6. The summed E-state index contributed by atoms with van der Waals surface area (Å²) in [5.41, 5.74) is 2.02. The van der Waals surface area contributed by atoms with Gasteiger partial charge in [0.15, 0.2) is 5.60 Å². The number of rotatable bonds is 3. The van der Waals surface area contributed by atoms with Crippen molar-refractivity contribution in [1.29, 1.82) is 0 Å². The first-order chi connectivity index (χ1) is 12.6. The summed E-state index contributed by atoms with van der Waals surface area (Å²) in [7, 11) is 0. The molecular formula is C21H18O5. The molecule has 0 unspecified atom stereocenters. The molecule has 1 aliphatic heterocycles. The molecule has 2 aromatic carbocycles. The van der Waals surface area contributed by atoms with Crippen molar-refractivity contribution in [2.45, 2.75) is 25.4 Å². The molecule has 0 spiro atoms. The van der Waals surface area contributed by atoms with Crippen molar-refractivity contribution < 1.29 is 24.5 Å². The van der Waals surface area contributed by atoms with Gasteiger partial charge in [-0.15, -0.1) is 0 Å². The first-order valence-corrected chi connectivity index (χ1v) is 8.39. The van der Waals surface area contributed by atoms with E-state index in [1.165, 1.54) is 12.1 Å². The summed E-state index contributed by atoms with van der Waals surface area (Å²) in [5.74, 6) is 0.836. The van der Waals surface area contributed by atoms with Crippen LogP contribution in [-0.2, 0) is 15.1 Å². The first kappa shape index (κ1) is 16.3. The predicted molar refractivity (Wildman–Crippen MR) is 95.3 cm³/mol. The molecule has 0 radical (unpaired) electrons. The smallest absolute Gasteiger partial charge is 0.294 e. The normalized spacial score (nSPS) is 17.1. The topological polar surface area (TPSA) is 76.0 Å². The minimum atomic E-state index is -1.20. The van der Waals surface area contributed by atoms with Crippen LogP contribution in [0.25, 0.3) is 0 Å². The highest BCUT2D eigenvalue weighted by molar-refractivity contribution is 5.67. The Morgan fingerprint density at radius 1 is 1.08 bits per heavy atom. The van der Waals surface area contributed by atoms with E-state index in [2.05, 4.69) is 0 Å². The molecule has 4 rings (SSSR count). The molecule has 2 aromatic rings. The third kappa shape index (κ3) is 2.28. The molecular weight excluding hydrogens is 332 g/mol. The monoisotopic (exact) mass is 350 g/mol. The molecule has 0 atom stereocenters. The Balaban J connectivity index is 2.10. The molecule has 0 fully saturated rings. The molecule has 2 aliphatic rings. The van der Waals surface area contributed by atoms with E-state index in [4.69, 9.17) is 9.47 Å². The third-order valence-electron chi connectivity index (χ3n) is 4.94. The third-order valence-corrected chi connectivity index (χ3v) is 4.94. The number of hydrogen-bond acceptors (Lipinski definition) is 5. The van der Waals surface area contributed by atoms with Gasteiger partial charge < -0.3 is 19.7 Å². The molecule has 1 aliphatic carbocycles. The number of hydrogen-bond donors (Lipinski definition) is 2. The lowest BCUT2D eigenvalue weighted by Crippen LogP contribution is -2.37. The Labute approximate surface area is 150 Å². The number of ether oxygens (including phenoxy) is 2. The van der Waals surface area contributed by atoms with E-state index in [-0.39, 0.29) is 11.5 Å². The van der Waals surface area contributed by atoms with Crippen LogP contribution in [0, 0.1) is 0 Å². The lowest BCUT2D eigenvalue weighted by atomic mass is 9.74. The Kier molecular flexibility index (Phi) is 3.72. The van der Waals surface area contributed by atoms with Crippen LogP contribution < -0.4 is 4.74 Å². The van der Waals surface area contributed by atoms with Crippen molar-refractivity contribution >= 4 is 6.47 Å². The highest BCUT2D eigenvalue weighted by Crippen LogP contribution is 2.55. The minimum Gasteiger partial charge on any atom is -0.508 e. The van der Waals surface area contributed by atoms with E-state index in [1.807, 2.05) is 19.1 Å². The summed E-state index contributed by atoms with van der Waals surface area (Å²) in [6.45, 7) is 2.45. The summed E-state index contributed by atoms with van der Waals surface area (Å²) in [6.07, 6.45) is 5.81. The van der Waals surface area contributed by atoms with Gasteiger partial charge in [0.1, 0.15) is 23.0 Å². The summed E-state index contributed by atoms with van der Waals surface area (Å²) >= 11 is 0. The maximum atomic E-state index is 11.6. The number of aromatic hydroxyl groups is 2. The molecule has 26 heavy (non-hydrogen) atoms. The van der Waals surface area contributed by atoms with Crippen molar-refractivity contribution in [3.63, 3.8) is 0 Å². The number of carbonyl (C=O) groups is 1. The molecule has 132 valence electrons. The number of benzene rings is 2. The Hall–Kier alpha value is -3.21. The summed E-state index contributed by atoms with van der Waals surface area (Å²) < 4.78 is 11.7. The van der Waals surface area contributed by atoms with Gasteiger partial charge in [0, 0.05) is 28.8 Å². The molecule has 0 amide bonds. The number of fused-ring (bicyclic) bond motifs is 2. The van der Waals surface area contributed by atoms with Gasteiger partial charge >= 0.3 is 0 Å². The lowest BCUT2D eigenvalue weighted by molar-refractivity contribution is -0.138. The van der Waals surface area contributed by atoms with Crippen LogP contribution in [0.4, 0.5) is 0 Å². The second kappa shape index (κ2) is 5.95. The molecule has 2 N–H and O–H groups in total. The average molecular weight is 350 g/mol. The Morgan fingerprint density at radius 3 is 2.23 bits per heavy atom. The van der Waals surface area contributed by atoms with E-state index >= 15 is 0 Å². The van der Waals surface area contributed by atoms with Gasteiger partial charge in [0.25, 0.3) is 6.47 Å². The van der Waals surface area contributed by atoms with Crippen LogP contribution in [0.2, 0.25) is 0 Å². The fourth-order valence-electron chi connectivity index (χ4n) is 3.78. The number of phenols is 2. The van der Waals surface area contributed by atoms with Crippen LogP contribution in [0.5, 0.6) is 23.0 Å². The number of allylic oxidation sites excluding steroid dienone is 2. The van der Waals surface area contributed by atoms with Crippen LogP contribution in [0.3, 0.4) is 0 Å². The Morgan fingerprint density at radius 2 is 1.69 bits per heavy atom. The zero-order valence-electron chi connectivity index (χ0n) is 14.2. The van der Waals surface area contributed by atoms with Crippen LogP contribution in [-0.4, -0.2) is 16.7 Å². The predicted octanol–water partition coefficient (Wildman–Crippen LogP) is 4.29. The van der Waals surface area contributed by atoms with Crippen LogP contribution in [0.15, 0.2) is 59.7 Å². The average Bonchev–Trinajstić information content (AvgIpc) is 2.61. The van der Waals surface area contributed by atoms with Gasteiger partial charge in [-0.1, -0.05) is 17.7 Å². The maximum absolute atomic E-state index is 11.6. The van der Waals surface area contributed by atoms with E-state index in [0.29, 0.717) is 29.1 Å². The van der Waals surface area contributed by atoms with Gasteiger partial charge in [-0.05, 0) is 44.0 Å². The zero-order valence-corrected chi connectivity index (χ0v) is 14.2. The van der Waals surface area contributed by atoms with Crippen molar-refractivity contribution in [3.8, 4) is 23.0 Å². The van der Waals surface area contributed by atoms with E-state index in [0.717, 1.165) is 24.0 Å². The van der Waals surface area contributed by atoms with E-state index in [9.17, 15) is 15.0 Å². The fraction of sp³-hybridized carbons (Fsp3) is 0.190. The van der Waals surface area contributed by atoms with Crippen LogP contribution >= 0.6 is 0 Å². The van der Waals surface area contributed by atoms with Gasteiger partial charge in [0.05, 0.1) is 0 Å². The Bertz CT molecular complexity index is 903. The standard InChI is InChI=1S/C21H18O5/c1-13-4-2-3-5-16(13)21(25-12-22)17-8-6-14(23)10-19(17)26-20-11-15(24)7-9-18(20)21/h3,5-12,23-24H,2,4H2,1H3. The minimum absolute atomic E-state index is 0.0391. The second-order valence-electron chi connectivity index (χ2n) is 6.49. The quantitative estimate of drug-likeness (QED) is 0.808. The van der Waals surface area contributed by atoms with Gasteiger partial charge in [0.2, 0.25) is 0 Å². The molecule has 0 bridgehead atoms. The highest BCUT2D eigenvalue weighted by atomic mass is 16.5. The van der Waals surface area contributed by atoms with Crippen molar-refractivity contribution in [3.05, 3.63) is 70.8 Å². The highest BCUT2D eigenvalue weighted by Gasteiger charge is 2.48. The lowest BCUT2D eigenvalue weighted by Gasteiger charge is -2.41. The number of carbonyl (C=O) groups excluding carboxylic acids is 1.